The number of ether oxygens (including phenoxy) is 1. The molecule has 26 heavy (non-hydrogen) atoms. The highest BCUT2D eigenvalue weighted by atomic mass is 16.5. The lowest BCUT2D eigenvalue weighted by molar-refractivity contribution is -0.121. The summed E-state index contributed by atoms with van der Waals surface area (Å²) in [5.41, 5.74) is 1.63. The van der Waals surface area contributed by atoms with E-state index in [4.69, 9.17) is 4.74 Å². The van der Waals surface area contributed by atoms with E-state index in [-0.39, 0.29) is 12.5 Å². The summed E-state index contributed by atoms with van der Waals surface area (Å²) < 4.78 is 6.71. The molecule has 0 spiro atoms. The van der Waals surface area contributed by atoms with Crippen LogP contribution >= 0.6 is 0 Å². The molecule has 0 aliphatic heterocycles. The highest BCUT2D eigenvalue weighted by Gasteiger charge is 2.18. The van der Waals surface area contributed by atoms with Crippen molar-refractivity contribution in [2.24, 2.45) is 0 Å². The molecule has 7 nitrogen and oxygen atoms in total. The van der Waals surface area contributed by atoms with Gasteiger partial charge in [0.2, 0.25) is 5.91 Å². The minimum atomic E-state index is -0.940. The van der Waals surface area contributed by atoms with Gasteiger partial charge in [-0.2, -0.15) is 0 Å². The zero-order valence-corrected chi connectivity index (χ0v) is 14.4. The van der Waals surface area contributed by atoms with Gasteiger partial charge in [-0.25, -0.2) is 0 Å². The third kappa shape index (κ3) is 4.25. The number of carbonyl (C=O) groups excluding carboxylic acids is 1. The van der Waals surface area contributed by atoms with Gasteiger partial charge < -0.3 is 19.7 Å². The van der Waals surface area contributed by atoms with Crippen LogP contribution in [0.1, 0.15) is 23.1 Å². The molecule has 134 valence electrons. The van der Waals surface area contributed by atoms with Crippen molar-refractivity contribution in [2.75, 3.05) is 7.11 Å². The van der Waals surface area contributed by atoms with Crippen LogP contribution in [0.2, 0.25) is 0 Å². The maximum Gasteiger partial charge on any atom is 0.240 e. The number of amides is 1. The van der Waals surface area contributed by atoms with E-state index in [2.05, 4.69) is 15.5 Å². The molecule has 3 rings (SSSR count). The van der Waals surface area contributed by atoms with E-state index in [0.29, 0.717) is 17.9 Å². The number of rotatable bonds is 7. The SMILES string of the molecule is COc1cccc(CNC(=O)Cn2cnnc2[C@H](O)c2ccccc2)c1. The summed E-state index contributed by atoms with van der Waals surface area (Å²) in [6.07, 6.45) is 0.497. The number of aliphatic hydroxyl groups is 1. The van der Waals surface area contributed by atoms with Crippen molar-refractivity contribution in [1.82, 2.24) is 20.1 Å². The number of hydrogen-bond donors (Lipinski definition) is 2. The Labute approximate surface area is 151 Å². The second kappa shape index (κ2) is 8.26. The second-order valence-corrected chi connectivity index (χ2v) is 5.76. The molecule has 0 unspecified atom stereocenters. The van der Waals surface area contributed by atoms with E-state index in [1.165, 1.54) is 6.33 Å². The number of carbonyl (C=O) groups is 1. The van der Waals surface area contributed by atoms with Crippen LogP contribution in [0.3, 0.4) is 0 Å². The maximum absolute atomic E-state index is 12.2. The van der Waals surface area contributed by atoms with Crippen LogP contribution in [0.15, 0.2) is 60.9 Å². The van der Waals surface area contributed by atoms with Gasteiger partial charge in [-0.1, -0.05) is 42.5 Å². The molecule has 0 aliphatic carbocycles. The topological polar surface area (TPSA) is 89.3 Å². The predicted molar refractivity (Wildman–Crippen MR) is 95.4 cm³/mol. The van der Waals surface area contributed by atoms with Gasteiger partial charge >= 0.3 is 0 Å². The lowest BCUT2D eigenvalue weighted by Crippen LogP contribution is -2.28. The molecular formula is C19H20N4O3. The molecular weight excluding hydrogens is 332 g/mol. The Morgan fingerprint density at radius 2 is 2.04 bits per heavy atom. The lowest BCUT2D eigenvalue weighted by atomic mass is 10.1. The van der Waals surface area contributed by atoms with Crippen LogP contribution < -0.4 is 10.1 Å². The fourth-order valence-corrected chi connectivity index (χ4v) is 2.58. The molecule has 1 aromatic heterocycles. The summed E-state index contributed by atoms with van der Waals surface area (Å²) in [6, 6.07) is 16.6. The van der Waals surface area contributed by atoms with Gasteiger partial charge in [-0.15, -0.1) is 10.2 Å². The Morgan fingerprint density at radius 3 is 2.81 bits per heavy atom. The molecule has 7 heteroatoms. The van der Waals surface area contributed by atoms with E-state index in [9.17, 15) is 9.90 Å². The molecule has 0 aliphatic rings. The number of methoxy groups -OCH3 is 1. The van der Waals surface area contributed by atoms with Crippen molar-refractivity contribution >= 4 is 5.91 Å². The van der Waals surface area contributed by atoms with Gasteiger partial charge in [0.15, 0.2) is 5.82 Å². The van der Waals surface area contributed by atoms with Gasteiger partial charge in [0.05, 0.1) is 7.11 Å². The van der Waals surface area contributed by atoms with E-state index >= 15 is 0 Å². The second-order valence-electron chi connectivity index (χ2n) is 5.76. The van der Waals surface area contributed by atoms with Crippen molar-refractivity contribution in [2.45, 2.75) is 19.2 Å². The van der Waals surface area contributed by atoms with Crippen molar-refractivity contribution in [3.05, 3.63) is 77.9 Å². The minimum Gasteiger partial charge on any atom is -0.497 e. The molecule has 0 fully saturated rings. The normalized spacial score (nSPS) is 11.8. The highest BCUT2D eigenvalue weighted by molar-refractivity contribution is 5.75. The van der Waals surface area contributed by atoms with Gasteiger partial charge in [0.25, 0.3) is 0 Å². The number of hydrogen-bond acceptors (Lipinski definition) is 5. The number of aromatic nitrogens is 3. The van der Waals surface area contributed by atoms with Gasteiger partial charge in [-0.3, -0.25) is 4.79 Å². The first kappa shape index (κ1) is 17.6. The predicted octanol–water partition coefficient (Wildman–Crippen LogP) is 1.68. The Kier molecular flexibility index (Phi) is 5.60. The largest absolute Gasteiger partial charge is 0.497 e. The van der Waals surface area contributed by atoms with Gasteiger partial charge in [0.1, 0.15) is 24.7 Å². The Bertz CT molecular complexity index is 864. The van der Waals surface area contributed by atoms with Crippen LogP contribution in [0, 0.1) is 0 Å². The van der Waals surface area contributed by atoms with Gasteiger partial charge in [0, 0.05) is 6.54 Å². The molecule has 0 radical (unpaired) electrons. The summed E-state index contributed by atoms with van der Waals surface area (Å²) >= 11 is 0. The van der Waals surface area contributed by atoms with Crippen LogP contribution in [0.25, 0.3) is 0 Å². The minimum absolute atomic E-state index is 0.0240. The summed E-state index contributed by atoms with van der Waals surface area (Å²) in [4.78, 5) is 12.2. The molecule has 3 aromatic rings. The highest BCUT2D eigenvalue weighted by Crippen LogP contribution is 2.19. The van der Waals surface area contributed by atoms with E-state index < -0.39 is 6.10 Å². The average Bonchev–Trinajstić information content (AvgIpc) is 3.14. The van der Waals surface area contributed by atoms with Crippen molar-refractivity contribution in [3.63, 3.8) is 0 Å². The lowest BCUT2D eigenvalue weighted by Gasteiger charge is -2.13. The summed E-state index contributed by atoms with van der Waals surface area (Å²) in [5.74, 6) is 0.866. The molecule has 2 N–H and O–H groups in total. The third-order valence-electron chi connectivity index (χ3n) is 3.94. The van der Waals surface area contributed by atoms with Crippen LogP contribution in [-0.4, -0.2) is 32.9 Å². The van der Waals surface area contributed by atoms with Crippen molar-refractivity contribution < 1.29 is 14.6 Å². The average molecular weight is 352 g/mol. The first-order valence-electron chi connectivity index (χ1n) is 8.17. The number of nitrogens with one attached hydrogen (secondary N) is 1. The van der Waals surface area contributed by atoms with E-state index in [1.54, 1.807) is 23.8 Å². The Hall–Kier alpha value is -3.19. The quantitative estimate of drug-likeness (QED) is 0.675. The molecule has 2 aromatic carbocycles. The third-order valence-corrected chi connectivity index (χ3v) is 3.94. The molecule has 0 saturated heterocycles. The fourth-order valence-electron chi connectivity index (χ4n) is 2.58. The Balaban J connectivity index is 1.62. The summed E-state index contributed by atoms with van der Waals surface area (Å²) in [7, 11) is 1.60. The molecule has 1 amide bonds. The molecule has 0 bridgehead atoms. The maximum atomic E-state index is 12.2. The fraction of sp³-hybridized carbons (Fsp3) is 0.211. The van der Waals surface area contributed by atoms with Crippen molar-refractivity contribution in [3.8, 4) is 5.75 Å². The van der Waals surface area contributed by atoms with Crippen LogP contribution in [-0.2, 0) is 17.9 Å². The standard InChI is InChI=1S/C19H20N4O3/c1-26-16-9-5-6-14(10-16)11-20-17(24)12-23-13-21-22-19(23)18(25)15-7-3-2-4-8-15/h2-10,13,18,25H,11-12H2,1H3,(H,20,24)/t18-/m1/s1. The van der Waals surface area contributed by atoms with E-state index in [0.717, 1.165) is 11.3 Å². The van der Waals surface area contributed by atoms with Crippen LogP contribution in [0.4, 0.5) is 0 Å². The smallest absolute Gasteiger partial charge is 0.240 e. The summed E-state index contributed by atoms with van der Waals surface area (Å²) in [5, 5.41) is 21.1. The van der Waals surface area contributed by atoms with Crippen LogP contribution in [0.5, 0.6) is 5.75 Å². The Morgan fingerprint density at radius 1 is 1.23 bits per heavy atom. The van der Waals surface area contributed by atoms with Crippen molar-refractivity contribution in [1.29, 1.82) is 0 Å². The molecule has 1 heterocycles. The zero-order valence-electron chi connectivity index (χ0n) is 14.4. The monoisotopic (exact) mass is 352 g/mol. The first-order valence-corrected chi connectivity index (χ1v) is 8.17. The van der Waals surface area contributed by atoms with E-state index in [1.807, 2.05) is 42.5 Å². The molecule has 1 atom stereocenters. The zero-order chi connectivity index (χ0) is 18.4. The number of aliphatic hydroxyl groups excluding tert-OH is 1. The number of benzene rings is 2. The summed E-state index contributed by atoms with van der Waals surface area (Å²) in [6.45, 7) is 0.408. The first-order chi connectivity index (χ1) is 12.7. The van der Waals surface area contributed by atoms with Gasteiger partial charge in [-0.05, 0) is 23.3 Å². The number of nitrogens with zero attached hydrogens (tertiary/aromatic N) is 3. The molecule has 0 saturated carbocycles.